The lowest BCUT2D eigenvalue weighted by Crippen LogP contribution is -2.38. The van der Waals surface area contributed by atoms with Crippen LogP contribution in [0, 0.1) is 13.8 Å². The SMILES string of the molecule is COC(=O)c1cccc(S(=O)(=O)N(Cc2cc3c(C)ccc(C)c3[nH]c2=O)CC2CCCO2)c1. The second-order valence-electron chi connectivity index (χ2n) is 8.56. The van der Waals surface area contributed by atoms with E-state index < -0.39 is 16.0 Å². The standard InChI is InChI=1S/C25H28N2O6S/c1-16-9-10-17(2)23-22(16)13-19(24(28)26-23)14-27(15-20-7-5-11-33-20)34(30,31)21-8-4-6-18(12-21)25(29)32-3/h4,6,8-10,12-13,20H,5,7,11,14-15H2,1-3H3,(H,26,28). The number of carbonyl (C=O) groups excluding carboxylic acids is 1. The van der Waals surface area contributed by atoms with Crippen molar-refractivity contribution in [1.29, 1.82) is 0 Å². The van der Waals surface area contributed by atoms with Crippen LogP contribution in [-0.4, -0.2) is 50.0 Å². The summed E-state index contributed by atoms with van der Waals surface area (Å²) >= 11 is 0. The van der Waals surface area contributed by atoms with E-state index in [-0.39, 0.29) is 35.2 Å². The van der Waals surface area contributed by atoms with Gasteiger partial charge in [-0.25, -0.2) is 13.2 Å². The predicted octanol–water partition coefficient (Wildman–Crippen LogP) is 3.30. The van der Waals surface area contributed by atoms with E-state index in [1.54, 1.807) is 6.07 Å². The number of ether oxygens (including phenoxy) is 2. The molecule has 1 aliphatic rings. The summed E-state index contributed by atoms with van der Waals surface area (Å²) in [5.74, 6) is -0.625. The van der Waals surface area contributed by atoms with Gasteiger partial charge < -0.3 is 14.5 Å². The fourth-order valence-electron chi connectivity index (χ4n) is 4.24. The number of esters is 1. The summed E-state index contributed by atoms with van der Waals surface area (Å²) in [4.78, 5) is 27.8. The van der Waals surface area contributed by atoms with Crippen molar-refractivity contribution < 1.29 is 22.7 Å². The molecule has 0 spiro atoms. The fourth-order valence-corrected chi connectivity index (χ4v) is 5.74. The number of nitrogens with zero attached hydrogens (tertiary/aromatic N) is 1. The van der Waals surface area contributed by atoms with Crippen LogP contribution in [-0.2, 0) is 26.0 Å². The van der Waals surface area contributed by atoms with Crippen molar-refractivity contribution in [2.75, 3.05) is 20.3 Å². The largest absolute Gasteiger partial charge is 0.465 e. The van der Waals surface area contributed by atoms with Crippen LogP contribution < -0.4 is 5.56 Å². The monoisotopic (exact) mass is 484 g/mol. The number of rotatable bonds is 7. The molecule has 1 aromatic heterocycles. The highest BCUT2D eigenvalue weighted by molar-refractivity contribution is 7.89. The van der Waals surface area contributed by atoms with Gasteiger partial charge in [0.1, 0.15) is 0 Å². The van der Waals surface area contributed by atoms with Gasteiger partial charge >= 0.3 is 5.97 Å². The molecule has 0 bridgehead atoms. The highest BCUT2D eigenvalue weighted by Gasteiger charge is 2.30. The molecule has 1 aliphatic heterocycles. The smallest absolute Gasteiger partial charge is 0.337 e. The first kappa shape index (κ1) is 24.1. The molecule has 2 heterocycles. The number of aromatic nitrogens is 1. The number of nitrogens with one attached hydrogen (secondary N) is 1. The van der Waals surface area contributed by atoms with Crippen LogP contribution in [0.4, 0.5) is 0 Å². The molecule has 0 aliphatic carbocycles. The number of sulfonamides is 1. The normalized spacial score (nSPS) is 16.3. The average Bonchev–Trinajstić information content (AvgIpc) is 3.34. The maximum Gasteiger partial charge on any atom is 0.337 e. The number of aromatic amines is 1. The summed E-state index contributed by atoms with van der Waals surface area (Å²) in [6.07, 6.45) is 1.33. The number of carbonyl (C=O) groups is 1. The molecule has 1 unspecified atom stereocenters. The van der Waals surface area contributed by atoms with Gasteiger partial charge in [0.2, 0.25) is 10.0 Å². The Kier molecular flexibility index (Phi) is 6.88. The van der Waals surface area contributed by atoms with Crippen molar-refractivity contribution in [1.82, 2.24) is 9.29 Å². The summed E-state index contributed by atoms with van der Waals surface area (Å²) in [5.41, 5.74) is 2.80. The number of fused-ring (bicyclic) bond motifs is 1. The first-order chi connectivity index (χ1) is 16.2. The molecule has 8 nitrogen and oxygen atoms in total. The summed E-state index contributed by atoms with van der Waals surface area (Å²) in [6.45, 7) is 4.42. The number of H-pyrrole nitrogens is 1. The number of benzene rings is 2. The maximum absolute atomic E-state index is 13.7. The van der Waals surface area contributed by atoms with Crippen molar-refractivity contribution in [3.05, 3.63) is 75.1 Å². The van der Waals surface area contributed by atoms with Gasteiger partial charge in [-0.3, -0.25) is 4.79 Å². The molecule has 0 amide bonds. The molecule has 180 valence electrons. The highest BCUT2D eigenvalue weighted by atomic mass is 32.2. The predicted molar refractivity (Wildman–Crippen MR) is 128 cm³/mol. The van der Waals surface area contributed by atoms with Gasteiger partial charge in [0.25, 0.3) is 5.56 Å². The third-order valence-electron chi connectivity index (χ3n) is 6.19. The average molecular weight is 485 g/mol. The Labute approximate surface area is 198 Å². The van der Waals surface area contributed by atoms with Crippen LogP contribution in [0.25, 0.3) is 10.9 Å². The van der Waals surface area contributed by atoms with Crippen molar-refractivity contribution in [2.24, 2.45) is 0 Å². The van der Waals surface area contributed by atoms with Crippen molar-refractivity contribution in [2.45, 2.75) is 44.2 Å². The van der Waals surface area contributed by atoms with E-state index in [2.05, 4.69) is 4.98 Å². The number of methoxy groups -OCH3 is 1. The summed E-state index contributed by atoms with van der Waals surface area (Å²) in [5, 5.41) is 0.872. The Balaban J connectivity index is 1.77. The third kappa shape index (κ3) is 4.77. The van der Waals surface area contributed by atoms with E-state index in [0.717, 1.165) is 34.9 Å². The molecule has 1 N–H and O–H groups in total. The lowest BCUT2D eigenvalue weighted by Gasteiger charge is -2.25. The Morgan fingerprint density at radius 3 is 2.65 bits per heavy atom. The van der Waals surface area contributed by atoms with E-state index in [4.69, 9.17) is 9.47 Å². The molecule has 34 heavy (non-hydrogen) atoms. The fraction of sp³-hybridized carbons (Fsp3) is 0.360. The van der Waals surface area contributed by atoms with Crippen LogP contribution in [0.3, 0.4) is 0 Å². The first-order valence-corrected chi connectivity index (χ1v) is 12.6. The lowest BCUT2D eigenvalue weighted by molar-refractivity contribution is 0.0600. The minimum absolute atomic E-state index is 0.0439. The van der Waals surface area contributed by atoms with E-state index >= 15 is 0 Å². The molecule has 3 aromatic rings. The minimum atomic E-state index is -4.05. The molecule has 1 saturated heterocycles. The number of pyridine rings is 1. The van der Waals surface area contributed by atoms with Crippen LogP contribution in [0.2, 0.25) is 0 Å². The van der Waals surface area contributed by atoms with Gasteiger partial charge in [-0.05, 0) is 62.1 Å². The van der Waals surface area contributed by atoms with Gasteiger partial charge in [0.05, 0.1) is 29.2 Å². The lowest BCUT2D eigenvalue weighted by atomic mass is 10.0. The Bertz CT molecular complexity index is 1390. The zero-order valence-electron chi connectivity index (χ0n) is 19.5. The van der Waals surface area contributed by atoms with Crippen molar-refractivity contribution in [3.8, 4) is 0 Å². The van der Waals surface area contributed by atoms with Crippen molar-refractivity contribution >= 4 is 26.9 Å². The maximum atomic E-state index is 13.7. The zero-order chi connectivity index (χ0) is 24.5. The Morgan fingerprint density at radius 2 is 1.94 bits per heavy atom. The Morgan fingerprint density at radius 1 is 1.18 bits per heavy atom. The number of hydrogen-bond donors (Lipinski definition) is 1. The summed E-state index contributed by atoms with van der Waals surface area (Å²) in [6, 6.07) is 11.4. The van der Waals surface area contributed by atoms with Crippen LogP contribution in [0.1, 0.15) is 39.9 Å². The van der Waals surface area contributed by atoms with Crippen LogP contribution in [0.5, 0.6) is 0 Å². The third-order valence-corrected chi connectivity index (χ3v) is 8.00. The second kappa shape index (κ2) is 9.69. The second-order valence-corrected chi connectivity index (χ2v) is 10.5. The number of hydrogen-bond acceptors (Lipinski definition) is 6. The van der Waals surface area contributed by atoms with Gasteiger partial charge in [0.15, 0.2) is 0 Å². The molecule has 0 radical (unpaired) electrons. The molecule has 1 atom stereocenters. The molecular weight excluding hydrogens is 456 g/mol. The minimum Gasteiger partial charge on any atom is -0.465 e. The van der Waals surface area contributed by atoms with E-state index in [1.165, 1.54) is 35.7 Å². The molecule has 4 rings (SSSR count). The molecule has 0 saturated carbocycles. The Hall–Kier alpha value is -3.01. The van der Waals surface area contributed by atoms with E-state index in [9.17, 15) is 18.0 Å². The topological polar surface area (TPSA) is 106 Å². The van der Waals surface area contributed by atoms with Gasteiger partial charge in [-0.15, -0.1) is 0 Å². The van der Waals surface area contributed by atoms with E-state index in [1.807, 2.05) is 26.0 Å². The molecule has 1 fully saturated rings. The van der Waals surface area contributed by atoms with Gasteiger partial charge in [0, 0.05) is 30.6 Å². The first-order valence-electron chi connectivity index (χ1n) is 11.1. The molecule has 2 aromatic carbocycles. The van der Waals surface area contributed by atoms with Crippen LogP contribution >= 0.6 is 0 Å². The molecule has 9 heteroatoms. The van der Waals surface area contributed by atoms with Gasteiger partial charge in [-0.1, -0.05) is 18.2 Å². The summed E-state index contributed by atoms with van der Waals surface area (Å²) < 4.78 is 39.1. The van der Waals surface area contributed by atoms with Gasteiger partial charge in [-0.2, -0.15) is 4.31 Å². The molecular formula is C25H28N2O6S. The zero-order valence-corrected chi connectivity index (χ0v) is 20.3. The van der Waals surface area contributed by atoms with E-state index in [0.29, 0.717) is 12.2 Å². The summed E-state index contributed by atoms with van der Waals surface area (Å²) in [7, 11) is -2.81. The van der Waals surface area contributed by atoms with Crippen LogP contribution in [0.15, 0.2) is 52.2 Å². The highest BCUT2D eigenvalue weighted by Crippen LogP contribution is 2.25. The van der Waals surface area contributed by atoms with Crippen molar-refractivity contribution in [3.63, 3.8) is 0 Å². The number of aryl methyl sites for hydroxylation is 2. The quantitative estimate of drug-likeness (QED) is 0.516.